The molecular formula is C27H23N3O3. The number of para-hydroxylation sites is 1. The number of rotatable bonds is 4. The lowest BCUT2D eigenvalue weighted by atomic mass is 9.73. The fourth-order valence-electron chi connectivity index (χ4n) is 5.03. The predicted molar refractivity (Wildman–Crippen MR) is 124 cm³/mol. The van der Waals surface area contributed by atoms with Gasteiger partial charge in [0.05, 0.1) is 11.3 Å². The van der Waals surface area contributed by atoms with Crippen LogP contribution in [-0.4, -0.2) is 22.6 Å². The number of amides is 2. The average molecular weight is 437 g/mol. The SMILES string of the molecule is NC(=O)c1ccccc1N1C(=O)CC(c2ccncc2)C2=C1CC(c1ccccc1)CC2=O. The number of primary amides is 1. The van der Waals surface area contributed by atoms with Crippen molar-refractivity contribution in [1.82, 2.24) is 4.98 Å². The minimum atomic E-state index is -0.612. The van der Waals surface area contributed by atoms with E-state index in [0.29, 0.717) is 29.8 Å². The monoisotopic (exact) mass is 437 g/mol. The Hall–Kier alpha value is -4.06. The maximum Gasteiger partial charge on any atom is 0.250 e. The second kappa shape index (κ2) is 8.47. The lowest BCUT2D eigenvalue weighted by molar-refractivity contribution is -0.120. The van der Waals surface area contributed by atoms with Crippen LogP contribution in [0.4, 0.5) is 5.69 Å². The Bertz CT molecular complexity index is 1270. The second-order valence-corrected chi connectivity index (χ2v) is 8.45. The van der Waals surface area contributed by atoms with Gasteiger partial charge in [0.2, 0.25) is 5.91 Å². The van der Waals surface area contributed by atoms with Crippen LogP contribution in [0.25, 0.3) is 0 Å². The molecule has 0 bridgehead atoms. The second-order valence-electron chi connectivity index (χ2n) is 8.45. The number of aromatic nitrogens is 1. The Kier molecular flexibility index (Phi) is 5.34. The van der Waals surface area contributed by atoms with Crippen molar-refractivity contribution in [3.05, 3.63) is 107 Å². The van der Waals surface area contributed by atoms with Crippen LogP contribution < -0.4 is 10.6 Å². The van der Waals surface area contributed by atoms with Gasteiger partial charge in [-0.3, -0.25) is 24.3 Å². The number of nitrogens with zero attached hydrogens (tertiary/aromatic N) is 2. The largest absolute Gasteiger partial charge is 0.366 e. The van der Waals surface area contributed by atoms with Gasteiger partial charge in [-0.15, -0.1) is 0 Å². The number of anilines is 1. The molecule has 0 saturated heterocycles. The maximum atomic E-state index is 13.6. The molecule has 0 spiro atoms. The highest BCUT2D eigenvalue weighted by Crippen LogP contribution is 2.47. The van der Waals surface area contributed by atoms with E-state index in [1.165, 1.54) is 0 Å². The molecule has 33 heavy (non-hydrogen) atoms. The van der Waals surface area contributed by atoms with Crippen molar-refractivity contribution < 1.29 is 14.4 Å². The van der Waals surface area contributed by atoms with Gasteiger partial charge < -0.3 is 5.73 Å². The highest BCUT2D eigenvalue weighted by molar-refractivity contribution is 6.11. The number of pyridine rings is 1. The summed E-state index contributed by atoms with van der Waals surface area (Å²) in [6.07, 6.45) is 4.39. The molecule has 2 unspecified atom stereocenters. The summed E-state index contributed by atoms with van der Waals surface area (Å²) in [5, 5.41) is 0. The third-order valence-corrected chi connectivity index (χ3v) is 6.52. The van der Waals surface area contributed by atoms with Crippen molar-refractivity contribution in [1.29, 1.82) is 0 Å². The van der Waals surface area contributed by atoms with Crippen molar-refractivity contribution in [2.45, 2.75) is 31.1 Å². The van der Waals surface area contributed by atoms with E-state index in [-0.39, 0.29) is 35.5 Å². The van der Waals surface area contributed by atoms with Crippen LogP contribution >= 0.6 is 0 Å². The van der Waals surface area contributed by atoms with Crippen molar-refractivity contribution in [2.24, 2.45) is 5.73 Å². The molecule has 2 aromatic carbocycles. The van der Waals surface area contributed by atoms with E-state index in [2.05, 4.69) is 4.98 Å². The topological polar surface area (TPSA) is 93.4 Å². The fourth-order valence-corrected chi connectivity index (χ4v) is 5.03. The lowest BCUT2D eigenvalue weighted by Crippen LogP contribution is -2.42. The number of hydrogen-bond acceptors (Lipinski definition) is 4. The molecule has 5 rings (SSSR count). The zero-order valence-electron chi connectivity index (χ0n) is 18.0. The van der Waals surface area contributed by atoms with Crippen LogP contribution in [0, 0.1) is 0 Å². The summed E-state index contributed by atoms with van der Waals surface area (Å²) >= 11 is 0. The van der Waals surface area contributed by atoms with E-state index in [4.69, 9.17) is 5.73 Å². The van der Waals surface area contributed by atoms with Gasteiger partial charge in [0, 0.05) is 42.4 Å². The molecule has 1 aliphatic heterocycles. The molecule has 1 aliphatic carbocycles. The third kappa shape index (κ3) is 3.74. The van der Waals surface area contributed by atoms with Gasteiger partial charge in [0.1, 0.15) is 0 Å². The number of carbonyl (C=O) groups is 3. The molecule has 2 aliphatic rings. The summed E-state index contributed by atoms with van der Waals surface area (Å²) in [6.45, 7) is 0. The summed E-state index contributed by atoms with van der Waals surface area (Å²) in [5.41, 5.74) is 9.57. The summed E-state index contributed by atoms with van der Waals surface area (Å²) < 4.78 is 0. The molecule has 2 N–H and O–H groups in total. The molecule has 2 amide bonds. The van der Waals surface area contributed by atoms with Gasteiger partial charge in [0.25, 0.3) is 5.91 Å². The molecule has 0 fully saturated rings. The van der Waals surface area contributed by atoms with E-state index in [0.717, 1.165) is 11.1 Å². The zero-order valence-corrected chi connectivity index (χ0v) is 18.0. The first-order valence-electron chi connectivity index (χ1n) is 11.0. The normalized spacial score (nSPS) is 20.5. The van der Waals surface area contributed by atoms with Gasteiger partial charge in [0.15, 0.2) is 5.78 Å². The van der Waals surface area contributed by atoms with Crippen molar-refractivity contribution in [2.75, 3.05) is 4.90 Å². The standard InChI is InChI=1S/C27H23N3O3/c28-27(33)20-8-4-5-9-22(20)30-23-14-19(17-6-2-1-3-7-17)15-24(31)26(23)21(16-25(30)32)18-10-12-29-13-11-18/h1-13,19,21H,14-16H2,(H2,28,33). The molecule has 2 atom stereocenters. The van der Waals surface area contributed by atoms with Gasteiger partial charge in [-0.05, 0) is 47.7 Å². The van der Waals surface area contributed by atoms with Gasteiger partial charge >= 0.3 is 0 Å². The van der Waals surface area contributed by atoms with Crippen LogP contribution in [0.3, 0.4) is 0 Å². The third-order valence-electron chi connectivity index (χ3n) is 6.52. The minimum Gasteiger partial charge on any atom is -0.366 e. The molecule has 0 saturated carbocycles. The highest BCUT2D eigenvalue weighted by atomic mass is 16.2. The molecule has 1 aromatic heterocycles. The smallest absolute Gasteiger partial charge is 0.250 e. The number of benzene rings is 2. The predicted octanol–water partition coefficient (Wildman–Crippen LogP) is 4.10. The molecule has 2 heterocycles. The van der Waals surface area contributed by atoms with E-state index < -0.39 is 5.91 Å². The number of allylic oxidation sites excluding steroid dienone is 2. The maximum absolute atomic E-state index is 13.6. The van der Waals surface area contributed by atoms with E-state index >= 15 is 0 Å². The Labute approximate surface area is 191 Å². The number of nitrogens with two attached hydrogens (primary N) is 1. The molecule has 3 aromatic rings. The fraction of sp³-hybridized carbons (Fsp3) is 0.185. The van der Waals surface area contributed by atoms with Crippen molar-refractivity contribution >= 4 is 23.3 Å². The Balaban J connectivity index is 1.69. The first-order chi connectivity index (χ1) is 16.0. The van der Waals surface area contributed by atoms with Crippen LogP contribution in [-0.2, 0) is 9.59 Å². The molecular weight excluding hydrogens is 414 g/mol. The van der Waals surface area contributed by atoms with Crippen LogP contribution in [0.5, 0.6) is 0 Å². The van der Waals surface area contributed by atoms with E-state index in [1.807, 2.05) is 42.5 Å². The van der Waals surface area contributed by atoms with Crippen molar-refractivity contribution in [3.8, 4) is 0 Å². The van der Waals surface area contributed by atoms with Crippen LogP contribution in [0.2, 0.25) is 0 Å². The first kappa shape index (κ1) is 20.8. The number of Topliss-reactive ketones (excluding diaryl/α,β-unsaturated/α-hetero) is 1. The lowest BCUT2D eigenvalue weighted by Gasteiger charge is -2.41. The summed E-state index contributed by atoms with van der Waals surface area (Å²) in [7, 11) is 0. The van der Waals surface area contributed by atoms with Gasteiger partial charge in [-0.25, -0.2) is 0 Å². The van der Waals surface area contributed by atoms with Crippen LogP contribution in [0.1, 0.15) is 52.6 Å². The Morgan fingerprint density at radius 1 is 0.848 bits per heavy atom. The van der Waals surface area contributed by atoms with E-state index in [9.17, 15) is 14.4 Å². The minimum absolute atomic E-state index is 0.0287. The average Bonchev–Trinajstić information content (AvgIpc) is 2.84. The Morgan fingerprint density at radius 3 is 2.27 bits per heavy atom. The first-order valence-corrected chi connectivity index (χ1v) is 11.0. The quantitative estimate of drug-likeness (QED) is 0.665. The number of carbonyl (C=O) groups excluding carboxylic acids is 3. The van der Waals surface area contributed by atoms with Gasteiger partial charge in [-0.1, -0.05) is 42.5 Å². The van der Waals surface area contributed by atoms with Gasteiger partial charge in [-0.2, -0.15) is 0 Å². The summed E-state index contributed by atoms with van der Waals surface area (Å²) in [6, 6.07) is 20.4. The zero-order chi connectivity index (χ0) is 22.9. The summed E-state index contributed by atoms with van der Waals surface area (Å²) in [4.78, 5) is 45.0. The molecule has 6 heteroatoms. The van der Waals surface area contributed by atoms with Crippen molar-refractivity contribution in [3.63, 3.8) is 0 Å². The summed E-state index contributed by atoms with van der Waals surface area (Å²) in [5.74, 6) is -1.13. The highest BCUT2D eigenvalue weighted by Gasteiger charge is 2.43. The number of hydrogen-bond donors (Lipinski definition) is 1. The molecule has 164 valence electrons. The van der Waals surface area contributed by atoms with E-state index in [1.54, 1.807) is 41.6 Å². The van der Waals surface area contributed by atoms with Crippen LogP contribution in [0.15, 0.2) is 90.4 Å². The number of ketones is 1. The molecule has 0 radical (unpaired) electrons. The Morgan fingerprint density at radius 2 is 1.55 bits per heavy atom. The molecule has 6 nitrogen and oxygen atoms in total.